The van der Waals surface area contributed by atoms with Gasteiger partial charge in [-0.05, 0) is 38.6 Å². The molecule has 1 aromatic carbocycles. The maximum Gasteiger partial charge on any atom is 0.0916 e. The Balaban J connectivity index is 2.54. The van der Waals surface area contributed by atoms with Crippen LogP contribution < -0.4 is 0 Å². The van der Waals surface area contributed by atoms with Crippen molar-refractivity contribution in [1.82, 2.24) is 4.90 Å². The summed E-state index contributed by atoms with van der Waals surface area (Å²) in [5.74, 6) is 0. The second kappa shape index (κ2) is 5.96. The zero-order valence-electron chi connectivity index (χ0n) is 10.5. The van der Waals surface area contributed by atoms with Crippen LogP contribution >= 0.6 is 15.9 Å². The highest BCUT2D eigenvalue weighted by atomic mass is 79.9. The number of hydrogen-bond donors (Lipinski definition) is 2. The SMILES string of the molecule is CN(CC(O)c1ccc(Br)cc1)CC(C)(C)O. The molecule has 0 aromatic heterocycles. The first-order chi connectivity index (χ1) is 7.78. The zero-order valence-corrected chi connectivity index (χ0v) is 12.1. The summed E-state index contributed by atoms with van der Waals surface area (Å²) < 4.78 is 0.998. The lowest BCUT2D eigenvalue weighted by Crippen LogP contribution is -2.38. The van der Waals surface area contributed by atoms with Gasteiger partial charge in [-0.15, -0.1) is 0 Å². The monoisotopic (exact) mass is 301 g/mol. The van der Waals surface area contributed by atoms with Gasteiger partial charge in [0, 0.05) is 17.6 Å². The third-order valence-corrected chi connectivity index (χ3v) is 2.92. The summed E-state index contributed by atoms with van der Waals surface area (Å²) in [5, 5.41) is 19.7. The number of nitrogens with zero attached hydrogens (tertiary/aromatic N) is 1. The van der Waals surface area contributed by atoms with Gasteiger partial charge >= 0.3 is 0 Å². The second-order valence-corrected chi connectivity index (χ2v) is 5.99. The molecule has 1 aromatic rings. The highest BCUT2D eigenvalue weighted by molar-refractivity contribution is 9.10. The van der Waals surface area contributed by atoms with Gasteiger partial charge in [-0.3, -0.25) is 0 Å². The summed E-state index contributed by atoms with van der Waals surface area (Å²) in [5.41, 5.74) is 0.143. The van der Waals surface area contributed by atoms with Gasteiger partial charge in [-0.2, -0.15) is 0 Å². The Kier molecular flexibility index (Phi) is 5.13. The van der Waals surface area contributed by atoms with Crippen molar-refractivity contribution < 1.29 is 10.2 Å². The molecule has 0 saturated carbocycles. The number of hydrogen-bond acceptors (Lipinski definition) is 3. The molecule has 0 bridgehead atoms. The van der Waals surface area contributed by atoms with E-state index in [1.807, 2.05) is 36.2 Å². The minimum Gasteiger partial charge on any atom is -0.389 e. The minimum atomic E-state index is -0.742. The number of benzene rings is 1. The van der Waals surface area contributed by atoms with Crippen LogP contribution in [0.1, 0.15) is 25.5 Å². The average Bonchev–Trinajstić information content (AvgIpc) is 2.15. The largest absolute Gasteiger partial charge is 0.389 e. The van der Waals surface area contributed by atoms with Crippen LogP contribution in [0.15, 0.2) is 28.7 Å². The van der Waals surface area contributed by atoms with Crippen molar-refractivity contribution in [1.29, 1.82) is 0 Å². The van der Waals surface area contributed by atoms with Crippen LogP contribution in [0.25, 0.3) is 0 Å². The maximum absolute atomic E-state index is 10.0. The van der Waals surface area contributed by atoms with Crippen LogP contribution in [0.2, 0.25) is 0 Å². The topological polar surface area (TPSA) is 43.7 Å². The number of halogens is 1. The lowest BCUT2D eigenvalue weighted by Gasteiger charge is -2.27. The molecule has 0 aliphatic carbocycles. The minimum absolute atomic E-state index is 0.506. The summed E-state index contributed by atoms with van der Waals surface area (Å²) in [6, 6.07) is 7.61. The van der Waals surface area contributed by atoms with Crippen molar-refractivity contribution in [3.8, 4) is 0 Å². The number of aliphatic hydroxyl groups is 2. The Morgan fingerprint density at radius 3 is 2.29 bits per heavy atom. The van der Waals surface area contributed by atoms with Crippen LogP contribution in [-0.2, 0) is 0 Å². The van der Waals surface area contributed by atoms with Crippen LogP contribution in [0.4, 0.5) is 0 Å². The lowest BCUT2D eigenvalue weighted by molar-refractivity contribution is 0.0284. The van der Waals surface area contributed by atoms with E-state index < -0.39 is 11.7 Å². The van der Waals surface area contributed by atoms with E-state index in [0.717, 1.165) is 10.0 Å². The van der Waals surface area contributed by atoms with Crippen molar-refractivity contribution in [3.05, 3.63) is 34.3 Å². The van der Waals surface area contributed by atoms with Gasteiger partial charge < -0.3 is 15.1 Å². The Morgan fingerprint density at radius 1 is 1.29 bits per heavy atom. The molecule has 1 rings (SSSR count). The number of likely N-dealkylation sites (N-methyl/N-ethyl adjacent to an activating group) is 1. The molecule has 0 radical (unpaired) electrons. The summed E-state index contributed by atoms with van der Waals surface area (Å²) in [6.45, 7) is 4.55. The molecule has 0 aliphatic rings. The van der Waals surface area contributed by atoms with Crippen molar-refractivity contribution in [2.75, 3.05) is 20.1 Å². The summed E-state index contributed by atoms with van der Waals surface area (Å²) in [6.07, 6.45) is -0.532. The molecule has 0 aliphatic heterocycles. The average molecular weight is 302 g/mol. The van der Waals surface area contributed by atoms with Gasteiger partial charge in [0.15, 0.2) is 0 Å². The molecule has 0 heterocycles. The number of aliphatic hydroxyl groups excluding tert-OH is 1. The maximum atomic E-state index is 10.0. The molecule has 0 saturated heterocycles. The smallest absolute Gasteiger partial charge is 0.0916 e. The molecular weight excluding hydrogens is 282 g/mol. The first-order valence-corrected chi connectivity index (χ1v) is 6.42. The van der Waals surface area contributed by atoms with Gasteiger partial charge in [-0.25, -0.2) is 0 Å². The van der Waals surface area contributed by atoms with Gasteiger partial charge in [-0.1, -0.05) is 28.1 Å². The van der Waals surface area contributed by atoms with E-state index in [1.54, 1.807) is 13.8 Å². The third kappa shape index (κ3) is 5.64. The molecule has 96 valence electrons. The highest BCUT2D eigenvalue weighted by Gasteiger charge is 2.18. The Bertz CT molecular complexity index is 345. The van der Waals surface area contributed by atoms with Crippen LogP contribution in [0.5, 0.6) is 0 Å². The molecule has 0 spiro atoms. The van der Waals surface area contributed by atoms with Gasteiger partial charge in [0.05, 0.1) is 11.7 Å². The van der Waals surface area contributed by atoms with Crippen molar-refractivity contribution in [2.45, 2.75) is 25.6 Å². The summed E-state index contributed by atoms with van der Waals surface area (Å²) in [4.78, 5) is 1.92. The quantitative estimate of drug-likeness (QED) is 0.876. The van der Waals surface area contributed by atoms with Gasteiger partial charge in [0.2, 0.25) is 0 Å². The van der Waals surface area contributed by atoms with Crippen LogP contribution in [0, 0.1) is 0 Å². The molecule has 1 atom stereocenters. The van der Waals surface area contributed by atoms with E-state index >= 15 is 0 Å². The van der Waals surface area contributed by atoms with Crippen LogP contribution in [-0.4, -0.2) is 40.9 Å². The molecule has 4 heteroatoms. The third-order valence-electron chi connectivity index (χ3n) is 2.40. The molecule has 0 amide bonds. The predicted molar refractivity (Wildman–Crippen MR) is 72.9 cm³/mol. The van der Waals surface area contributed by atoms with E-state index in [4.69, 9.17) is 0 Å². The highest BCUT2D eigenvalue weighted by Crippen LogP contribution is 2.18. The first kappa shape index (κ1) is 14.6. The van der Waals surface area contributed by atoms with E-state index in [0.29, 0.717) is 13.1 Å². The first-order valence-electron chi connectivity index (χ1n) is 5.62. The zero-order chi connectivity index (χ0) is 13.1. The normalized spacial score (nSPS) is 14.1. The Morgan fingerprint density at radius 2 is 1.82 bits per heavy atom. The van der Waals surface area contributed by atoms with Gasteiger partial charge in [0.25, 0.3) is 0 Å². The van der Waals surface area contributed by atoms with E-state index in [1.165, 1.54) is 0 Å². The molecule has 0 fully saturated rings. The van der Waals surface area contributed by atoms with Crippen molar-refractivity contribution in [3.63, 3.8) is 0 Å². The van der Waals surface area contributed by atoms with E-state index in [-0.39, 0.29) is 0 Å². The van der Waals surface area contributed by atoms with E-state index in [2.05, 4.69) is 15.9 Å². The molecule has 3 nitrogen and oxygen atoms in total. The molecule has 17 heavy (non-hydrogen) atoms. The van der Waals surface area contributed by atoms with Crippen molar-refractivity contribution >= 4 is 15.9 Å². The van der Waals surface area contributed by atoms with Gasteiger partial charge in [0.1, 0.15) is 0 Å². The Labute approximate surface area is 111 Å². The standard InChI is InChI=1S/C13H20BrNO2/c1-13(2,17)9-15(3)8-12(16)10-4-6-11(14)7-5-10/h4-7,12,16-17H,8-9H2,1-3H3. The molecule has 1 unspecified atom stereocenters. The summed E-state index contributed by atoms with van der Waals surface area (Å²) in [7, 11) is 1.89. The lowest BCUT2D eigenvalue weighted by atomic mass is 10.1. The second-order valence-electron chi connectivity index (χ2n) is 5.08. The number of rotatable bonds is 5. The summed E-state index contributed by atoms with van der Waals surface area (Å²) >= 11 is 3.36. The predicted octanol–water partition coefficient (Wildman–Crippen LogP) is 2.19. The molecular formula is C13H20BrNO2. The Hall–Kier alpha value is -0.420. The molecule has 2 N–H and O–H groups in total. The van der Waals surface area contributed by atoms with Crippen molar-refractivity contribution in [2.24, 2.45) is 0 Å². The fraction of sp³-hybridized carbons (Fsp3) is 0.538. The van der Waals surface area contributed by atoms with Crippen LogP contribution in [0.3, 0.4) is 0 Å². The van der Waals surface area contributed by atoms with E-state index in [9.17, 15) is 10.2 Å². The fourth-order valence-electron chi connectivity index (χ4n) is 1.81. The fourth-order valence-corrected chi connectivity index (χ4v) is 2.07.